The van der Waals surface area contributed by atoms with Crippen molar-refractivity contribution in [3.63, 3.8) is 0 Å². The van der Waals surface area contributed by atoms with Crippen molar-refractivity contribution in [2.75, 3.05) is 5.32 Å². The number of imidazole rings is 1. The molecule has 4 aromatic rings. The molecule has 25 heavy (non-hydrogen) atoms. The maximum Gasteiger partial charge on any atom is 0.280 e. The van der Waals surface area contributed by atoms with E-state index in [0.717, 1.165) is 5.56 Å². The highest BCUT2D eigenvalue weighted by Crippen LogP contribution is 2.14. The largest absolute Gasteiger partial charge is 0.351 e. The molecule has 0 unspecified atom stereocenters. The third-order valence-corrected chi connectivity index (χ3v) is 4.93. The first kappa shape index (κ1) is 15.6. The third-order valence-electron chi connectivity index (χ3n) is 4.05. The summed E-state index contributed by atoms with van der Waals surface area (Å²) in [6.07, 6.45) is 1.68. The average molecular weight is 351 g/mol. The number of aromatic nitrogens is 4. The van der Waals surface area contributed by atoms with Gasteiger partial charge in [0.25, 0.3) is 5.56 Å². The van der Waals surface area contributed by atoms with Crippen LogP contribution in [0.25, 0.3) is 11.2 Å². The maximum atomic E-state index is 12.8. The van der Waals surface area contributed by atoms with Crippen LogP contribution in [-0.4, -0.2) is 19.1 Å². The van der Waals surface area contributed by atoms with E-state index in [-0.39, 0.29) is 5.56 Å². The predicted octanol–water partition coefficient (Wildman–Crippen LogP) is 2.85. The molecule has 0 saturated carbocycles. The number of thiophene rings is 1. The Morgan fingerprint density at radius 2 is 2.00 bits per heavy atom. The first-order chi connectivity index (χ1) is 12.2. The topological polar surface area (TPSA) is 64.7 Å². The monoisotopic (exact) mass is 351 g/mol. The van der Waals surface area contributed by atoms with E-state index in [1.54, 1.807) is 29.3 Å². The Labute approximate surface area is 148 Å². The summed E-state index contributed by atoms with van der Waals surface area (Å²) in [6.45, 7) is 1.23. The van der Waals surface area contributed by atoms with Gasteiger partial charge in [-0.05, 0) is 17.0 Å². The molecule has 6 nitrogen and oxygen atoms in total. The summed E-state index contributed by atoms with van der Waals surface area (Å²) in [7, 11) is 1.73. The first-order valence-corrected chi connectivity index (χ1v) is 8.82. The lowest BCUT2D eigenvalue weighted by molar-refractivity contribution is 0.793. The normalized spacial score (nSPS) is 11.1. The lowest BCUT2D eigenvalue weighted by Crippen LogP contribution is -2.24. The molecule has 0 saturated heterocycles. The molecule has 3 aromatic heterocycles. The van der Waals surface area contributed by atoms with Crippen molar-refractivity contribution >= 4 is 28.4 Å². The lowest BCUT2D eigenvalue weighted by Gasteiger charge is -2.10. The predicted molar refractivity (Wildman–Crippen MR) is 100.0 cm³/mol. The molecule has 0 aliphatic rings. The summed E-state index contributed by atoms with van der Waals surface area (Å²) in [5, 5.41) is 5.25. The van der Waals surface area contributed by atoms with Crippen molar-refractivity contribution < 1.29 is 0 Å². The summed E-state index contributed by atoms with van der Waals surface area (Å²) < 4.78 is 3.39. The summed E-state index contributed by atoms with van der Waals surface area (Å²) in [5.74, 6) is 0.524. The lowest BCUT2D eigenvalue weighted by atomic mass is 10.2. The van der Waals surface area contributed by atoms with Gasteiger partial charge in [-0.15, -0.1) is 11.3 Å². The van der Waals surface area contributed by atoms with Gasteiger partial charge in [0.1, 0.15) is 0 Å². The molecular weight excluding hydrogens is 334 g/mol. The Kier molecular flexibility index (Phi) is 4.07. The van der Waals surface area contributed by atoms with Gasteiger partial charge in [-0.25, -0.2) is 4.98 Å². The van der Waals surface area contributed by atoms with Crippen LogP contribution in [0.5, 0.6) is 0 Å². The highest BCUT2D eigenvalue weighted by molar-refractivity contribution is 7.09. The second-order valence-electron chi connectivity index (χ2n) is 5.76. The molecule has 1 N–H and O–H groups in total. The molecule has 4 rings (SSSR count). The zero-order chi connectivity index (χ0) is 17.2. The van der Waals surface area contributed by atoms with Crippen molar-refractivity contribution in [3.8, 4) is 0 Å². The fourth-order valence-electron chi connectivity index (χ4n) is 2.74. The molecule has 0 atom stereocenters. The minimum absolute atomic E-state index is 0.105. The van der Waals surface area contributed by atoms with Crippen molar-refractivity contribution in [2.24, 2.45) is 7.05 Å². The molecule has 0 aliphatic carbocycles. The second-order valence-corrected chi connectivity index (χ2v) is 6.80. The molecule has 0 aliphatic heterocycles. The Balaban J connectivity index is 1.68. The number of hydrogen-bond donors (Lipinski definition) is 1. The highest BCUT2D eigenvalue weighted by Gasteiger charge is 2.14. The van der Waals surface area contributed by atoms with E-state index in [0.29, 0.717) is 30.2 Å². The van der Waals surface area contributed by atoms with E-state index in [1.807, 2.05) is 52.4 Å². The minimum atomic E-state index is -0.105. The molecule has 0 bridgehead atoms. The summed E-state index contributed by atoms with van der Waals surface area (Å²) >= 11 is 1.66. The molecule has 1 aromatic carbocycles. The van der Waals surface area contributed by atoms with Crippen LogP contribution in [-0.2, 0) is 20.1 Å². The van der Waals surface area contributed by atoms with Gasteiger partial charge in [0, 0.05) is 18.5 Å². The number of benzene rings is 1. The molecule has 0 fully saturated rings. The molecule has 0 spiro atoms. The fraction of sp³-hybridized carbons (Fsp3) is 0.167. The third kappa shape index (κ3) is 3.06. The Hall–Kier alpha value is -2.93. The fourth-order valence-corrected chi connectivity index (χ4v) is 3.38. The summed E-state index contributed by atoms with van der Waals surface area (Å²) in [6, 6.07) is 14.0. The molecular formula is C18H17N5OS. The number of nitrogens with zero attached hydrogens (tertiary/aromatic N) is 4. The Morgan fingerprint density at radius 1 is 1.16 bits per heavy atom. The van der Waals surface area contributed by atoms with Crippen molar-refractivity contribution in [3.05, 3.63) is 75.0 Å². The van der Waals surface area contributed by atoms with Crippen LogP contribution in [0, 0.1) is 0 Å². The van der Waals surface area contributed by atoms with E-state index >= 15 is 0 Å². The van der Waals surface area contributed by atoms with Crippen LogP contribution < -0.4 is 10.9 Å². The SMILES string of the molecule is Cn1c(NCc2cccs2)nc2ncn(Cc3ccccc3)c2c1=O. The Morgan fingerprint density at radius 3 is 2.76 bits per heavy atom. The van der Waals surface area contributed by atoms with Crippen LogP contribution >= 0.6 is 11.3 Å². The van der Waals surface area contributed by atoms with E-state index in [9.17, 15) is 4.79 Å². The van der Waals surface area contributed by atoms with Gasteiger partial charge in [0.15, 0.2) is 11.2 Å². The number of anilines is 1. The van der Waals surface area contributed by atoms with Crippen LogP contribution in [0.15, 0.2) is 59.0 Å². The number of fused-ring (bicyclic) bond motifs is 1. The zero-order valence-corrected chi connectivity index (χ0v) is 14.5. The van der Waals surface area contributed by atoms with Crippen LogP contribution in [0.4, 0.5) is 5.95 Å². The zero-order valence-electron chi connectivity index (χ0n) is 13.7. The van der Waals surface area contributed by atoms with Gasteiger partial charge in [0.05, 0.1) is 12.9 Å². The van der Waals surface area contributed by atoms with E-state index < -0.39 is 0 Å². The Bertz CT molecular complexity index is 1050. The number of nitrogens with one attached hydrogen (secondary N) is 1. The van der Waals surface area contributed by atoms with E-state index in [1.165, 1.54) is 4.88 Å². The molecule has 0 radical (unpaired) electrons. The van der Waals surface area contributed by atoms with Crippen LogP contribution in [0.3, 0.4) is 0 Å². The van der Waals surface area contributed by atoms with Gasteiger partial charge in [-0.3, -0.25) is 9.36 Å². The van der Waals surface area contributed by atoms with Gasteiger partial charge < -0.3 is 9.88 Å². The smallest absolute Gasteiger partial charge is 0.280 e. The number of hydrogen-bond acceptors (Lipinski definition) is 5. The van der Waals surface area contributed by atoms with Crippen molar-refractivity contribution in [1.82, 2.24) is 19.1 Å². The molecule has 126 valence electrons. The summed E-state index contributed by atoms with van der Waals surface area (Å²) in [5.41, 5.74) is 2.00. The standard InChI is InChI=1S/C18H17N5OS/c1-22-17(24)15-16(21-18(22)19-10-14-8-5-9-25-14)20-12-23(15)11-13-6-3-2-4-7-13/h2-9,12H,10-11H2,1H3,(H,19,21). The van der Waals surface area contributed by atoms with E-state index in [4.69, 9.17) is 0 Å². The number of rotatable bonds is 5. The van der Waals surface area contributed by atoms with Crippen LogP contribution in [0.2, 0.25) is 0 Å². The van der Waals surface area contributed by atoms with E-state index in [2.05, 4.69) is 15.3 Å². The summed E-state index contributed by atoms with van der Waals surface area (Å²) in [4.78, 5) is 22.8. The van der Waals surface area contributed by atoms with Crippen LogP contribution in [0.1, 0.15) is 10.4 Å². The average Bonchev–Trinajstić information content (AvgIpc) is 3.28. The minimum Gasteiger partial charge on any atom is -0.351 e. The molecule has 0 amide bonds. The second kappa shape index (κ2) is 6.52. The maximum absolute atomic E-state index is 12.8. The first-order valence-electron chi connectivity index (χ1n) is 7.94. The van der Waals surface area contributed by atoms with Crippen molar-refractivity contribution in [2.45, 2.75) is 13.1 Å². The van der Waals surface area contributed by atoms with Gasteiger partial charge in [-0.1, -0.05) is 36.4 Å². The van der Waals surface area contributed by atoms with Gasteiger partial charge in [-0.2, -0.15) is 4.98 Å². The quantitative estimate of drug-likeness (QED) is 0.600. The molecule has 7 heteroatoms. The highest BCUT2D eigenvalue weighted by atomic mass is 32.1. The van der Waals surface area contributed by atoms with Gasteiger partial charge >= 0.3 is 0 Å². The van der Waals surface area contributed by atoms with Crippen molar-refractivity contribution in [1.29, 1.82) is 0 Å². The molecule has 3 heterocycles. The van der Waals surface area contributed by atoms with Gasteiger partial charge in [0.2, 0.25) is 5.95 Å².